The Morgan fingerprint density at radius 1 is 1.05 bits per heavy atom. The van der Waals surface area contributed by atoms with Gasteiger partial charge in [0.1, 0.15) is 5.75 Å². The van der Waals surface area contributed by atoms with Crippen molar-refractivity contribution in [3.8, 4) is 17.2 Å². The summed E-state index contributed by atoms with van der Waals surface area (Å²) in [6.07, 6.45) is 1.02. The molecular formula is C18H21NO3. The zero-order valence-corrected chi connectivity index (χ0v) is 12.7. The lowest BCUT2D eigenvalue weighted by Crippen LogP contribution is -2.39. The lowest BCUT2D eigenvalue weighted by Gasteiger charge is -2.24. The highest BCUT2D eigenvalue weighted by Gasteiger charge is 2.17. The van der Waals surface area contributed by atoms with E-state index in [4.69, 9.17) is 14.2 Å². The summed E-state index contributed by atoms with van der Waals surface area (Å²) in [6.45, 7) is 2.57. The molecule has 116 valence electrons. The van der Waals surface area contributed by atoms with Crippen LogP contribution in [0.3, 0.4) is 0 Å². The fourth-order valence-electron chi connectivity index (χ4n) is 2.59. The summed E-state index contributed by atoms with van der Waals surface area (Å²) in [5, 5.41) is 3.36. The Morgan fingerprint density at radius 2 is 1.77 bits per heavy atom. The van der Waals surface area contributed by atoms with Gasteiger partial charge in [-0.05, 0) is 23.8 Å². The zero-order chi connectivity index (χ0) is 15.2. The van der Waals surface area contributed by atoms with Crippen molar-refractivity contribution < 1.29 is 14.2 Å². The van der Waals surface area contributed by atoms with Crippen molar-refractivity contribution in [1.29, 1.82) is 0 Å². The van der Waals surface area contributed by atoms with Crippen LogP contribution in [-0.2, 0) is 11.2 Å². The van der Waals surface area contributed by atoms with Crippen molar-refractivity contribution in [3.63, 3.8) is 0 Å². The number of benzene rings is 2. The molecule has 0 aromatic heterocycles. The molecule has 1 heterocycles. The third-order valence-electron chi connectivity index (χ3n) is 3.71. The number of hydrogen-bond acceptors (Lipinski definition) is 4. The van der Waals surface area contributed by atoms with Gasteiger partial charge in [0, 0.05) is 19.5 Å². The Hall–Kier alpha value is -2.04. The van der Waals surface area contributed by atoms with Gasteiger partial charge >= 0.3 is 0 Å². The monoisotopic (exact) mass is 299 g/mol. The molecule has 22 heavy (non-hydrogen) atoms. The van der Waals surface area contributed by atoms with Gasteiger partial charge in [-0.15, -0.1) is 0 Å². The van der Waals surface area contributed by atoms with Crippen molar-refractivity contribution in [2.45, 2.75) is 12.5 Å². The number of para-hydroxylation sites is 3. The lowest BCUT2D eigenvalue weighted by atomic mass is 10.1. The topological polar surface area (TPSA) is 39.7 Å². The molecule has 0 bridgehead atoms. The van der Waals surface area contributed by atoms with Gasteiger partial charge < -0.3 is 19.5 Å². The molecule has 1 saturated heterocycles. The molecule has 1 atom stereocenters. The smallest absolute Gasteiger partial charge is 0.169 e. The number of hydrogen-bond donors (Lipinski definition) is 1. The molecule has 1 aliphatic heterocycles. The molecule has 1 unspecified atom stereocenters. The molecular weight excluding hydrogens is 278 g/mol. The maximum atomic E-state index is 6.07. The summed E-state index contributed by atoms with van der Waals surface area (Å²) in [5.41, 5.74) is 1.14. The third kappa shape index (κ3) is 3.59. The molecule has 4 heteroatoms. The van der Waals surface area contributed by atoms with Crippen molar-refractivity contribution in [2.75, 3.05) is 26.8 Å². The van der Waals surface area contributed by atoms with E-state index in [0.29, 0.717) is 0 Å². The van der Waals surface area contributed by atoms with Crippen LogP contribution in [0.25, 0.3) is 0 Å². The van der Waals surface area contributed by atoms with Crippen molar-refractivity contribution in [2.24, 2.45) is 0 Å². The van der Waals surface area contributed by atoms with Crippen LogP contribution in [0.2, 0.25) is 0 Å². The normalized spacial score (nSPS) is 18.0. The third-order valence-corrected chi connectivity index (χ3v) is 3.71. The van der Waals surface area contributed by atoms with E-state index in [1.165, 1.54) is 0 Å². The van der Waals surface area contributed by atoms with E-state index in [-0.39, 0.29) is 6.10 Å². The van der Waals surface area contributed by atoms with Gasteiger partial charge in [0.2, 0.25) is 0 Å². The van der Waals surface area contributed by atoms with Crippen LogP contribution in [0.1, 0.15) is 5.56 Å². The minimum atomic E-state index is 0.191. The summed E-state index contributed by atoms with van der Waals surface area (Å²) < 4.78 is 17.2. The van der Waals surface area contributed by atoms with E-state index < -0.39 is 0 Å². The number of ether oxygens (including phenoxy) is 3. The fourth-order valence-corrected chi connectivity index (χ4v) is 2.59. The minimum absolute atomic E-state index is 0.191. The van der Waals surface area contributed by atoms with E-state index in [2.05, 4.69) is 11.4 Å². The molecule has 1 aliphatic rings. The first-order valence-corrected chi connectivity index (χ1v) is 7.58. The highest BCUT2D eigenvalue weighted by molar-refractivity contribution is 5.45. The summed E-state index contributed by atoms with van der Waals surface area (Å²) in [5.74, 6) is 2.30. The fraction of sp³-hybridized carbons (Fsp3) is 0.333. The molecule has 2 aromatic rings. The van der Waals surface area contributed by atoms with Gasteiger partial charge in [0.25, 0.3) is 0 Å². The van der Waals surface area contributed by atoms with E-state index in [0.717, 1.165) is 48.9 Å². The van der Waals surface area contributed by atoms with E-state index >= 15 is 0 Å². The second-order valence-corrected chi connectivity index (χ2v) is 5.26. The largest absolute Gasteiger partial charge is 0.493 e. The van der Waals surface area contributed by atoms with Crippen LogP contribution < -0.4 is 14.8 Å². The predicted molar refractivity (Wildman–Crippen MR) is 85.8 cm³/mol. The molecule has 0 spiro atoms. The van der Waals surface area contributed by atoms with E-state index in [9.17, 15) is 0 Å². The summed E-state index contributed by atoms with van der Waals surface area (Å²) in [6, 6.07) is 15.8. The molecule has 0 saturated carbocycles. The first-order valence-electron chi connectivity index (χ1n) is 7.58. The van der Waals surface area contributed by atoms with E-state index in [1.807, 2.05) is 42.5 Å². The Balaban J connectivity index is 1.78. The Labute approximate surface area is 131 Å². The quantitative estimate of drug-likeness (QED) is 0.921. The van der Waals surface area contributed by atoms with Crippen LogP contribution in [0.15, 0.2) is 48.5 Å². The van der Waals surface area contributed by atoms with Gasteiger partial charge in [0.15, 0.2) is 11.5 Å². The van der Waals surface area contributed by atoms with Crippen LogP contribution in [-0.4, -0.2) is 32.9 Å². The van der Waals surface area contributed by atoms with Crippen molar-refractivity contribution in [1.82, 2.24) is 5.32 Å². The number of methoxy groups -OCH3 is 1. The molecule has 3 rings (SSSR count). The first kappa shape index (κ1) is 14.9. The number of nitrogens with one attached hydrogen (secondary N) is 1. The molecule has 0 aliphatic carbocycles. The highest BCUT2D eigenvalue weighted by Crippen LogP contribution is 2.33. The van der Waals surface area contributed by atoms with Crippen LogP contribution in [0.4, 0.5) is 0 Å². The van der Waals surface area contributed by atoms with Crippen LogP contribution >= 0.6 is 0 Å². The second-order valence-electron chi connectivity index (χ2n) is 5.26. The van der Waals surface area contributed by atoms with Gasteiger partial charge in [0.05, 0.1) is 19.8 Å². The molecule has 2 aromatic carbocycles. The predicted octanol–water partition coefficient (Wildman–Crippen LogP) is 3.02. The van der Waals surface area contributed by atoms with Gasteiger partial charge in [-0.1, -0.05) is 30.3 Å². The molecule has 0 amide bonds. The number of rotatable bonds is 5. The average molecular weight is 299 g/mol. The Morgan fingerprint density at radius 3 is 2.50 bits per heavy atom. The molecule has 4 nitrogen and oxygen atoms in total. The van der Waals surface area contributed by atoms with Crippen LogP contribution in [0, 0.1) is 0 Å². The SMILES string of the molecule is COc1ccccc1Oc1ccccc1CC1CNCCO1. The van der Waals surface area contributed by atoms with Crippen molar-refractivity contribution >= 4 is 0 Å². The van der Waals surface area contributed by atoms with Gasteiger partial charge in [-0.3, -0.25) is 0 Å². The summed E-state index contributed by atoms with van der Waals surface area (Å²) >= 11 is 0. The minimum Gasteiger partial charge on any atom is -0.493 e. The van der Waals surface area contributed by atoms with Crippen molar-refractivity contribution in [3.05, 3.63) is 54.1 Å². The molecule has 1 N–H and O–H groups in total. The maximum Gasteiger partial charge on any atom is 0.169 e. The molecule has 0 radical (unpaired) electrons. The van der Waals surface area contributed by atoms with Crippen LogP contribution in [0.5, 0.6) is 17.2 Å². The summed E-state index contributed by atoms with van der Waals surface area (Å²) in [4.78, 5) is 0. The first-order chi connectivity index (χ1) is 10.9. The lowest BCUT2D eigenvalue weighted by molar-refractivity contribution is 0.0289. The van der Waals surface area contributed by atoms with E-state index in [1.54, 1.807) is 7.11 Å². The average Bonchev–Trinajstić information content (AvgIpc) is 2.58. The van der Waals surface area contributed by atoms with Gasteiger partial charge in [-0.25, -0.2) is 0 Å². The maximum absolute atomic E-state index is 6.07. The highest BCUT2D eigenvalue weighted by atomic mass is 16.5. The number of morpholine rings is 1. The summed E-state index contributed by atoms with van der Waals surface area (Å²) in [7, 11) is 1.65. The Bertz CT molecular complexity index is 609. The zero-order valence-electron chi connectivity index (χ0n) is 12.7. The molecule has 1 fully saturated rings. The Kier molecular flexibility index (Phi) is 4.93. The second kappa shape index (κ2) is 7.29. The van der Waals surface area contributed by atoms with Gasteiger partial charge in [-0.2, -0.15) is 0 Å². The standard InChI is InChI=1S/C18H21NO3/c1-20-17-8-4-5-9-18(17)22-16-7-3-2-6-14(16)12-15-13-19-10-11-21-15/h2-9,15,19H,10-13H2,1H3.